The van der Waals surface area contributed by atoms with Gasteiger partial charge in [-0.15, -0.1) is 0 Å². The molecule has 0 aliphatic heterocycles. The molecule has 5 rings (SSSR count). The zero-order valence-corrected chi connectivity index (χ0v) is 21.9. The van der Waals surface area contributed by atoms with E-state index in [9.17, 15) is 4.79 Å². The van der Waals surface area contributed by atoms with E-state index in [1.807, 2.05) is 48.8 Å². The van der Waals surface area contributed by atoms with E-state index in [1.54, 1.807) is 7.11 Å². The standard InChI is InChI=1S/C33H33N3O2/c1-24-11-10-20-36-31(23-35-33(24)36)30(27-16-9-17-28(21-27)38-2)22-32(37)34-19-18-29(25-12-5-3-6-13-25)26-14-7-4-8-15-26/h3-17,20-21,23,29-30H,18-19,22H2,1-2H3,(H,34,37). The van der Waals surface area contributed by atoms with E-state index in [4.69, 9.17) is 4.74 Å². The van der Waals surface area contributed by atoms with Crippen LogP contribution in [0.3, 0.4) is 0 Å². The third kappa shape index (κ3) is 5.62. The molecule has 1 N–H and O–H groups in total. The monoisotopic (exact) mass is 503 g/mol. The number of pyridine rings is 1. The summed E-state index contributed by atoms with van der Waals surface area (Å²) in [6, 6.07) is 33.0. The molecule has 0 bridgehead atoms. The van der Waals surface area contributed by atoms with Crippen LogP contribution in [0.2, 0.25) is 0 Å². The second-order valence-corrected chi connectivity index (χ2v) is 9.61. The number of imidazole rings is 1. The predicted octanol–water partition coefficient (Wildman–Crippen LogP) is 6.51. The molecule has 0 saturated carbocycles. The Hall–Kier alpha value is -4.38. The third-order valence-corrected chi connectivity index (χ3v) is 7.16. The molecule has 0 radical (unpaired) electrons. The van der Waals surface area contributed by atoms with Crippen molar-refractivity contribution < 1.29 is 9.53 Å². The summed E-state index contributed by atoms with van der Waals surface area (Å²) in [4.78, 5) is 18.0. The molecule has 0 aliphatic rings. The zero-order chi connectivity index (χ0) is 26.3. The van der Waals surface area contributed by atoms with Gasteiger partial charge in [-0.25, -0.2) is 4.98 Å². The smallest absolute Gasteiger partial charge is 0.221 e. The van der Waals surface area contributed by atoms with Crippen LogP contribution in [0, 0.1) is 6.92 Å². The van der Waals surface area contributed by atoms with Gasteiger partial charge in [0.1, 0.15) is 11.4 Å². The lowest BCUT2D eigenvalue weighted by Crippen LogP contribution is -2.27. The second-order valence-electron chi connectivity index (χ2n) is 9.61. The molecule has 5 nitrogen and oxygen atoms in total. The normalized spacial score (nSPS) is 12.0. The van der Waals surface area contributed by atoms with Crippen LogP contribution in [0.25, 0.3) is 5.65 Å². The largest absolute Gasteiger partial charge is 0.497 e. The van der Waals surface area contributed by atoms with Gasteiger partial charge in [0.2, 0.25) is 5.91 Å². The minimum absolute atomic E-state index is 0.0142. The van der Waals surface area contributed by atoms with Crippen LogP contribution >= 0.6 is 0 Å². The number of carbonyl (C=O) groups is 1. The van der Waals surface area contributed by atoms with E-state index in [1.165, 1.54) is 11.1 Å². The number of aryl methyl sites for hydroxylation is 1. The van der Waals surface area contributed by atoms with Crippen LogP contribution in [0.4, 0.5) is 0 Å². The van der Waals surface area contributed by atoms with Gasteiger partial charge in [-0.1, -0.05) is 78.9 Å². The Labute approximate surface area is 224 Å². The number of fused-ring (bicyclic) bond motifs is 1. The molecule has 1 unspecified atom stereocenters. The highest BCUT2D eigenvalue weighted by atomic mass is 16.5. The van der Waals surface area contributed by atoms with Crippen molar-refractivity contribution in [2.45, 2.75) is 31.6 Å². The molecule has 0 saturated heterocycles. The maximum absolute atomic E-state index is 13.4. The van der Waals surface area contributed by atoms with Crippen LogP contribution in [0.1, 0.15) is 52.6 Å². The van der Waals surface area contributed by atoms with Crippen molar-refractivity contribution in [2.24, 2.45) is 0 Å². The van der Waals surface area contributed by atoms with Crippen LogP contribution in [0.15, 0.2) is 109 Å². The molecule has 2 aromatic heterocycles. The van der Waals surface area contributed by atoms with E-state index in [-0.39, 0.29) is 17.7 Å². The van der Waals surface area contributed by atoms with Gasteiger partial charge < -0.3 is 14.5 Å². The molecular weight excluding hydrogens is 470 g/mol. The molecule has 0 fully saturated rings. The van der Waals surface area contributed by atoms with Crippen molar-refractivity contribution >= 4 is 11.6 Å². The number of hydrogen-bond donors (Lipinski definition) is 1. The molecular formula is C33H33N3O2. The van der Waals surface area contributed by atoms with Crippen molar-refractivity contribution in [1.82, 2.24) is 14.7 Å². The zero-order valence-electron chi connectivity index (χ0n) is 21.9. The number of rotatable bonds is 10. The van der Waals surface area contributed by atoms with Crippen molar-refractivity contribution in [1.29, 1.82) is 0 Å². The number of hydrogen-bond acceptors (Lipinski definition) is 3. The maximum atomic E-state index is 13.4. The van der Waals surface area contributed by atoms with Gasteiger partial charge in [0, 0.05) is 37.2 Å². The van der Waals surface area contributed by atoms with Crippen molar-refractivity contribution in [2.75, 3.05) is 13.7 Å². The van der Waals surface area contributed by atoms with Gasteiger partial charge in [0.25, 0.3) is 0 Å². The molecule has 1 atom stereocenters. The summed E-state index contributed by atoms with van der Waals surface area (Å²) >= 11 is 0. The Balaban J connectivity index is 1.35. The van der Waals surface area contributed by atoms with Crippen LogP contribution in [-0.4, -0.2) is 28.9 Å². The lowest BCUT2D eigenvalue weighted by molar-refractivity contribution is -0.121. The molecule has 1 amide bonds. The number of nitrogens with one attached hydrogen (secondary N) is 1. The maximum Gasteiger partial charge on any atom is 0.221 e. The summed E-state index contributed by atoms with van der Waals surface area (Å²) < 4.78 is 7.58. The molecule has 5 aromatic rings. The van der Waals surface area contributed by atoms with Crippen molar-refractivity contribution in [3.05, 3.63) is 137 Å². The minimum atomic E-state index is -0.166. The first-order chi connectivity index (χ1) is 18.6. The van der Waals surface area contributed by atoms with E-state index in [0.29, 0.717) is 13.0 Å². The third-order valence-electron chi connectivity index (χ3n) is 7.16. The molecule has 192 valence electrons. The van der Waals surface area contributed by atoms with Crippen molar-refractivity contribution in [3.63, 3.8) is 0 Å². The van der Waals surface area contributed by atoms with Crippen LogP contribution in [-0.2, 0) is 4.79 Å². The molecule has 5 heteroatoms. The first-order valence-electron chi connectivity index (χ1n) is 13.1. The van der Waals surface area contributed by atoms with Gasteiger partial charge in [0.15, 0.2) is 0 Å². The lowest BCUT2D eigenvalue weighted by Gasteiger charge is -2.20. The van der Waals surface area contributed by atoms with E-state index in [2.05, 4.69) is 82.3 Å². The Kier molecular flexibility index (Phi) is 7.84. The fraction of sp³-hybridized carbons (Fsp3) is 0.212. The SMILES string of the molecule is COc1cccc(C(CC(=O)NCCC(c2ccccc2)c2ccccc2)c2cnc3c(C)cccn23)c1. The number of benzene rings is 3. The first-order valence-corrected chi connectivity index (χ1v) is 13.1. The summed E-state index contributed by atoms with van der Waals surface area (Å²) in [5.74, 6) is 0.835. The predicted molar refractivity (Wildman–Crippen MR) is 152 cm³/mol. The lowest BCUT2D eigenvalue weighted by atomic mass is 9.88. The van der Waals surface area contributed by atoms with Gasteiger partial charge in [-0.3, -0.25) is 4.79 Å². The summed E-state index contributed by atoms with van der Waals surface area (Å²) in [7, 11) is 1.66. The summed E-state index contributed by atoms with van der Waals surface area (Å²) in [5, 5.41) is 3.20. The van der Waals surface area contributed by atoms with E-state index in [0.717, 1.165) is 34.6 Å². The number of carbonyl (C=O) groups excluding carboxylic acids is 1. The van der Waals surface area contributed by atoms with Crippen LogP contribution in [0.5, 0.6) is 5.75 Å². The summed E-state index contributed by atoms with van der Waals surface area (Å²) in [5.41, 5.74) is 6.52. The van der Waals surface area contributed by atoms with E-state index >= 15 is 0 Å². The molecule has 0 aliphatic carbocycles. The topological polar surface area (TPSA) is 55.6 Å². The van der Waals surface area contributed by atoms with Crippen LogP contribution < -0.4 is 10.1 Å². The molecule has 0 spiro atoms. The highest BCUT2D eigenvalue weighted by Gasteiger charge is 2.23. The first kappa shape index (κ1) is 25.3. The van der Waals surface area contributed by atoms with Crippen molar-refractivity contribution in [3.8, 4) is 5.75 Å². The number of ether oxygens (including phenoxy) is 1. The quantitative estimate of drug-likeness (QED) is 0.236. The molecule has 38 heavy (non-hydrogen) atoms. The van der Waals surface area contributed by atoms with Gasteiger partial charge in [-0.2, -0.15) is 0 Å². The van der Waals surface area contributed by atoms with Gasteiger partial charge in [0.05, 0.1) is 12.8 Å². The van der Waals surface area contributed by atoms with E-state index < -0.39 is 0 Å². The van der Waals surface area contributed by atoms with Gasteiger partial charge >= 0.3 is 0 Å². The second kappa shape index (κ2) is 11.8. The molecule has 2 heterocycles. The Morgan fingerprint density at radius 1 is 0.868 bits per heavy atom. The average Bonchev–Trinajstić information content (AvgIpc) is 3.40. The molecule has 3 aromatic carbocycles. The highest BCUT2D eigenvalue weighted by Crippen LogP contribution is 2.32. The number of aromatic nitrogens is 2. The Bertz CT molecular complexity index is 1460. The minimum Gasteiger partial charge on any atom is -0.497 e. The summed E-state index contributed by atoms with van der Waals surface area (Å²) in [6.07, 6.45) is 5.04. The highest BCUT2D eigenvalue weighted by molar-refractivity contribution is 5.77. The Morgan fingerprint density at radius 2 is 1.55 bits per heavy atom. The fourth-order valence-corrected chi connectivity index (χ4v) is 5.19. The fourth-order valence-electron chi connectivity index (χ4n) is 5.19. The number of amides is 1. The number of methoxy groups -OCH3 is 1. The number of nitrogens with zero attached hydrogens (tertiary/aromatic N) is 2. The average molecular weight is 504 g/mol. The Morgan fingerprint density at radius 3 is 2.24 bits per heavy atom. The summed E-state index contributed by atoms with van der Waals surface area (Å²) in [6.45, 7) is 2.64. The van der Waals surface area contributed by atoms with Gasteiger partial charge in [-0.05, 0) is 53.8 Å².